The molecule has 3 nitrogen and oxygen atoms in total. The lowest BCUT2D eigenvalue weighted by atomic mass is 10.00. The Labute approximate surface area is 139 Å². The Kier molecular flexibility index (Phi) is 9.06. The van der Waals surface area contributed by atoms with Crippen molar-refractivity contribution in [2.45, 2.75) is 34.2 Å². The summed E-state index contributed by atoms with van der Waals surface area (Å²) in [5.41, 5.74) is 5.15. The van der Waals surface area contributed by atoms with E-state index in [1.807, 2.05) is 6.92 Å². The normalized spacial score (nSPS) is 10.4. The van der Waals surface area contributed by atoms with Crippen LogP contribution in [0.5, 0.6) is 0 Å². The van der Waals surface area contributed by atoms with Gasteiger partial charge < -0.3 is 10.6 Å². The number of guanidine groups is 1. The van der Waals surface area contributed by atoms with E-state index in [0.717, 1.165) is 12.5 Å². The van der Waals surface area contributed by atoms with Crippen molar-refractivity contribution in [3.8, 4) is 12.3 Å². The first kappa shape index (κ1) is 18.8. The predicted octanol–water partition coefficient (Wildman–Crippen LogP) is 2.92. The summed E-state index contributed by atoms with van der Waals surface area (Å²) in [4.78, 5) is 4.57. The lowest BCUT2D eigenvalue weighted by Crippen LogP contribution is -2.37. The number of halogens is 1. The highest BCUT2D eigenvalue weighted by Crippen LogP contribution is 2.17. The molecule has 1 aromatic carbocycles. The van der Waals surface area contributed by atoms with Crippen molar-refractivity contribution in [1.29, 1.82) is 0 Å². The fourth-order valence-corrected chi connectivity index (χ4v) is 2.09. The summed E-state index contributed by atoms with van der Waals surface area (Å²) in [6, 6.07) is 4.39. The van der Waals surface area contributed by atoms with Gasteiger partial charge in [0.15, 0.2) is 5.96 Å². The Morgan fingerprint density at radius 3 is 2.30 bits per heavy atom. The number of benzene rings is 1. The number of hydrogen-bond acceptors (Lipinski definition) is 1. The van der Waals surface area contributed by atoms with Crippen LogP contribution in [0.3, 0.4) is 0 Å². The molecule has 110 valence electrons. The van der Waals surface area contributed by atoms with Crippen LogP contribution in [0.4, 0.5) is 0 Å². The zero-order chi connectivity index (χ0) is 14.3. The van der Waals surface area contributed by atoms with Gasteiger partial charge in [-0.25, -0.2) is 4.99 Å². The highest BCUT2D eigenvalue weighted by Gasteiger charge is 2.04. The van der Waals surface area contributed by atoms with Crippen molar-refractivity contribution in [2.75, 3.05) is 13.1 Å². The molecule has 0 heterocycles. The zero-order valence-electron chi connectivity index (χ0n) is 12.7. The van der Waals surface area contributed by atoms with E-state index < -0.39 is 0 Å². The Bertz CT molecular complexity index is 478. The van der Waals surface area contributed by atoms with Gasteiger partial charge >= 0.3 is 0 Å². The molecule has 0 aliphatic heterocycles. The number of nitrogens with zero attached hydrogens (tertiary/aromatic N) is 1. The predicted molar refractivity (Wildman–Crippen MR) is 97.7 cm³/mol. The molecule has 0 saturated heterocycles. The van der Waals surface area contributed by atoms with Crippen LogP contribution in [0.1, 0.15) is 29.2 Å². The summed E-state index contributed by atoms with van der Waals surface area (Å²) < 4.78 is 0. The zero-order valence-corrected chi connectivity index (χ0v) is 15.0. The molecule has 0 saturated carbocycles. The standard InChI is InChI=1S/C16H23N3.HI/c1-6-8-18-16(17-7-2)19-11-15-13(4)9-12(3)10-14(15)5;/h1,9-10H,7-8,11H2,2-5H3,(H2,17,18,19);1H. The van der Waals surface area contributed by atoms with Crippen LogP contribution in [0.25, 0.3) is 0 Å². The van der Waals surface area contributed by atoms with E-state index in [-0.39, 0.29) is 24.0 Å². The van der Waals surface area contributed by atoms with Gasteiger partial charge in [0.2, 0.25) is 0 Å². The highest BCUT2D eigenvalue weighted by atomic mass is 127. The van der Waals surface area contributed by atoms with E-state index in [4.69, 9.17) is 6.42 Å². The topological polar surface area (TPSA) is 36.4 Å². The van der Waals surface area contributed by atoms with Gasteiger partial charge in [0.25, 0.3) is 0 Å². The molecule has 0 unspecified atom stereocenters. The van der Waals surface area contributed by atoms with Crippen molar-refractivity contribution < 1.29 is 0 Å². The summed E-state index contributed by atoms with van der Waals surface area (Å²) in [6.07, 6.45) is 5.25. The van der Waals surface area contributed by atoms with Gasteiger partial charge in [-0.2, -0.15) is 0 Å². The first-order valence-corrected chi connectivity index (χ1v) is 6.60. The van der Waals surface area contributed by atoms with Crippen LogP contribution >= 0.6 is 24.0 Å². The molecule has 4 heteroatoms. The summed E-state index contributed by atoms with van der Waals surface area (Å²) >= 11 is 0. The molecule has 20 heavy (non-hydrogen) atoms. The Morgan fingerprint density at radius 1 is 1.20 bits per heavy atom. The van der Waals surface area contributed by atoms with E-state index >= 15 is 0 Å². The van der Waals surface area contributed by atoms with Gasteiger partial charge in [-0.3, -0.25) is 0 Å². The second-order valence-electron chi connectivity index (χ2n) is 4.63. The minimum absolute atomic E-state index is 0. The van der Waals surface area contributed by atoms with Crippen molar-refractivity contribution in [1.82, 2.24) is 10.6 Å². The van der Waals surface area contributed by atoms with Crippen LogP contribution in [-0.2, 0) is 6.54 Å². The molecule has 0 spiro atoms. The quantitative estimate of drug-likeness (QED) is 0.362. The lowest BCUT2D eigenvalue weighted by molar-refractivity contribution is 0.862. The average molecular weight is 385 g/mol. The third-order valence-corrected chi connectivity index (χ3v) is 2.94. The van der Waals surface area contributed by atoms with E-state index in [2.05, 4.69) is 54.5 Å². The largest absolute Gasteiger partial charge is 0.357 e. The molecule has 0 fully saturated rings. The Morgan fingerprint density at radius 2 is 1.80 bits per heavy atom. The average Bonchev–Trinajstić information content (AvgIpc) is 2.34. The maximum Gasteiger partial charge on any atom is 0.192 e. The molecular formula is C16H24IN3. The van der Waals surface area contributed by atoms with Crippen LogP contribution in [0.2, 0.25) is 0 Å². The van der Waals surface area contributed by atoms with Gasteiger partial charge in [-0.05, 0) is 44.4 Å². The van der Waals surface area contributed by atoms with Crippen molar-refractivity contribution in [2.24, 2.45) is 4.99 Å². The summed E-state index contributed by atoms with van der Waals surface area (Å²) in [5.74, 6) is 3.32. The number of aryl methyl sites for hydroxylation is 3. The van der Waals surface area contributed by atoms with Crippen LogP contribution in [-0.4, -0.2) is 19.0 Å². The fourth-order valence-electron chi connectivity index (χ4n) is 2.09. The van der Waals surface area contributed by atoms with Gasteiger partial charge in [0.1, 0.15) is 0 Å². The Balaban J connectivity index is 0.00000361. The SMILES string of the molecule is C#CCNC(=NCc1c(C)cc(C)cc1C)NCC.I. The summed E-state index contributed by atoms with van der Waals surface area (Å²) in [6.45, 7) is 10.4. The van der Waals surface area contributed by atoms with E-state index in [0.29, 0.717) is 13.1 Å². The van der Waals surface area contributed by atoms with Gasteiger partial charge in [-0.15, -0.1) is 30.4 Å². The maximum absolute atomic E-state index is 5.25. The maximum atomic E-state index is 5.25. The van der Waals surface area contributed by atoms with Crippen molar-refractivity contribution in [3.63, 3.8) is 0 Å². The lowest BCUT2D eigenvalue weighted by Gasteiger charge is -2.12. The van der Waals surface area contributed by atoms with Gasteiger partial charge in [0.05, 0.1) is 13.1 Å². The molecule has 0 aliphatic carbocycles. The molecule has 0 bridgehead atoms. The number of terminal acetylenes is 1. The first-order chi connectivity index (χ1) is 9.08. The number of aliphatic imine (C=N–C) groups is 1. The smallest absolute Gasteiger partial charge is 0.192 e. The molecule has 1 rings (SSSR count). The van der Waals surface area contributed by atoms with Gasteiger partial charge in [0, 0.05) is 6.54 Å². The third kappa shape index (κ3) is 5.83. The molecule has 2 N–H and O–H groups in total. The highest BCUT2D eigenvalue weighted by molar-refractivity contribution is 14.0. The molecule has 0 radical (unpaired) electrons. The second-order valence-corrected chi connectivity index (χ2v) is 4.63. The molecule has 0 amide bonds. The van der Waals surface area contributed by atoms with Gasteiger partial charge in [-0.1, -0.05) is 23.6 Å². The van der Waals surface area contributed by atoms with E-state index in [9.17, 15) is 0 Å². The molecule has 0 atom stereocenters. The number of hydrogen-bond donors (Lipinski definition) is 2. The minimum atomic E-state index is 0. The molecule has 0 aromatic heterocycles. The molecular weight excluding hydrogens is 361 g/mol. The minimum Gasteiger partial charge on any atom is -0.357 e. The summed E-state index contributed by atoms with van der Waals surface area (Å²) in [7, 11) is 0. The van der Waals surface area contributed by atoms with Crippen molar-refractivity contribution >= 4 is 29.9 Å². The first-order valence-electron chi connectivity index (χ1n) is 6.60. The number of nitrogens with one attached hydrogen (secondary N) is 2. The van der Waals surface area contributed by atoms with Crippen LogP contribution < -0.4 is 10.6 Å². The fraction of sp³-hybridized carbons (Fsp3) is 0.438. The third-order valence-electron chi connectivity index (χ3n) is 2.94. The Hall–Kier alpha value is -1.22. The second kappa shape index (κ2) is 9.65. The molecule has 1 aromatic rings. The van der Waals surface area contributed by atoms with Crippen LogP contribution in [0.15, 0.2) is 17.1 Å². The van der Waals surface area contributed by atoms with E-state index in [1.54, 1.807) is 0 Å². The monoisotopic (exact) mass is 385 g/mol. The molecule has 0 aliphatic rings. The summed E-state index contributed by atoms with van der Waals surface area (Å²) in [5, 5.41) is 6.27. The van der Waals surface area contributed by atoms with Crippen LogP contribution in [0, 0.1) is 33.1 Å². The number of rotatable bonds is 4. The van der Waals surface area contributed by atoms with Crippen molar-refractivity contribution in [3.05, 3.63) is 34.4 Å². The van der Waals surface area contributed by atoms with E-state index in [1.165, 1.54) is 22.3 Å².